The van der Waals surface area contributed by atoms with E-state index in [0.29, 0.717) is 0 Å². The standard InChI is InChI=1S/C21H18O9.Na/c1-11(22)19-13(24)4-2-5-15(19)28-9-12(23)10-29-16-6-3-7-17-20(16)14(25)8-18(30-17)21(26)27;/h2-8,12,23-24H,9-10H2,1H3,(H,26,27);/q;+1/p-1. The number of phenolic OH excluding ortho intramolecular Hbond substituents is 1. The van der Waals surface area contributed by atoms with E-state index in [9.17, 15) is 29.7 Å². The Morgan fingerprint density at radius 2 is 1.71 bits per heavy atom. The van der Waals surface area contributed by atoms with Crippen molar-refractivity contribution in [1.29, 1.82) is 0 Å². The molecule has 0 fully saturated rings. The third-order valence-electron chi connectivity index (χ3n) is 4.14. The van der Waals surface area contributed by atoms with Gasteiger partial charge in [-0.05, 0) is 31.2 Å². The van der Waals surface area contributed by atoms with Gasteiger partial charge < -0.3 is 34.0 Å². The largest absolute Gasteiger partial charge is 1.00 e. The van der Waals surface area contributed by atoms with Gasteiger partial charge in [0.25, 0.3) is 0 Å². The Morgan fingerprint density at radius 1 is 1.10 bits per heavy atom. The Kier molecular flexibility index (Phi) is 8.23. The van der Waals surface area contributed by atoms with E-state index in [2.05, 4.69) is 0 Å². The molecular weight excluding hydrogens is 419 g/mol. The van der Waals surface area contributed by atoms with Gasteiger partial charge >= 0.3 is 29.6 Å². The molecule has 31 heavy (non-hydrogen) atoms. The van der Waals surface area contributed by atoms with Crippen LogP contribution in [0.25, 0.3) is 11.0 Å². The number of hydrogen-bond acceptors (Lipinski definition) is 9. The molecule has 0 aliphatic heterocycles. The first kappa shape index (κ1) is 24.4. The molecule has 0 amide bonds. The molecule has 0 aliphatic carbocycles. The van der Waals surface area contributed by atoms with Crippen molar-refractivity contribution in [3.05, 3.63) is 64.0 Å². The summed E-state index contributed by atoms with van der Waals surface area (Å²) in [6, 6.07) is 9.48. The zero-order chi connectivity index (χ0) is 21.8. The molecule has 0 saturated heterocycles. The Hall–Kier alpha value is -2.85. The molecule has 1 unspecified atom stereocenters. The van der Waals surface area contributed by atoms with Crippen LogP contribution in [-0.4, -0.2) is 41.3 Å². The monoisotopic (exact) mass is 436 g/mol. The molecule has 156 valence electrons. The molecular formula is C21H17NaO9. The summed E-state index contributed by atoms with van der Waals surface area (Å²) >= 11 is 0. The fourth-order valence-electron chi connectivity index (χ4n) is 2.81. The molecule has 3 rings (SSSR count). The molecule has 0 saturated carbocycles. The molecule has 0 aliphatic rings. The normalized spacial score (nSPS) is 11.4. The van der Waals surface area contributed by atoms with Crippen molar-refractivity contribution in [2.24, 2.45) is 0 Å². The number of phenols is 1. The van der Waals surface area contributed by atoms with E-state index in [1.54, 1.807) is 0 Å². The van der Waals surface area contributed by atoms with Gasteiger partial charge in [-0.15, -0.1) is 0 Å². The quantitative estimate of drug-likeness (QED) is 0.299. The average Bonchev–Trinajstić information content (AvgIpc) is 2.69. The van der Waals surface area contributed by atoms with Crippen LogP contribution in [0.2, 0.25) is 0 Å². The molecule has 1 aromatic heterocycles. The van der Waals surface area contributed by atoms with Gasteiger partial charge in [0.05, 0.1) is 0 Å². The topological polar surface area (TPSA) is 146 Å². The van der Waals surface area contributed by atoms with Crippen molar-refractivity contribution >= 4 is 22.7 Å². The fraction of sp³-hybridized carbons (Fsp3) is 0.190. The number of ketones is 1. The van der Waals surface area contributed by atoms with Gasteiger partial charge in [-0.1, -0.05) is 12.1 Å². The summed E-state index contributed by atoms with van der Waals surface area (Å²) in [6.45, 7) is 0.756. The van der Waals surface area contributed by atoms with E-state index >= 15 is 0 Å². The number of rotatable bonds is 8. The number of Topliss-reactive ketones (excluding diaryl/α,β-unsaturated/α-hetero) is 1. The molecule has 9 nitrogen and oxygen atoms in total. The number of carbonyl (C=O) groups excluding carboxylic acids is 2. The van der Waals surface area contributed by atoms with Gasteiger partial charge in [-0.3, -0.25) is 9.59 Å². The predicted molar refractivity (Wildman–Crippen MR) is 102 cm³/mol. The Bertz CT molecular complexity index is 1170. The Balaban J connectivity index is 0.00000341. The van der Waals surface area contributed by atoms with E-state index in [0.717, 1.165) is 6.07 Å². The Morgan fingerprint density at radius 3 is 2.35 bits per heavy atom. The van der Waals surface area contributed by atoms with E-state index in [1.807, 2.05) is 0 Å². The maximum Gasteiger partial charge on any atom is 1.00 e. The van der Waals surface area contributed by atoms with Gasteiger partial charge in [0, 0.05) is 6.07 Å². The number of aromatic hydroxyl groups is 1. The van der Waals surface area contributed by atoms with E-state index in [-0.39, 0.29) is 76.6 Å². The first-order valence-corrected chi connectivity index (χ1v) is 8.82. The number of carboxylic acids is 1. The van der Waals surface area contributed by atoms with E-state index < -0.39 is 29.0 Å². The van der Waals surface area contributed by atoms with Crippen LogP contribution in [0.4, 0.5) is 0 Å². The fourth-order valence-corrected chi connectivity index (χ4v) is 2.81. The molecule has 0 bridgehead atoms. The summed E-state index contributed by atoms with van der Waals surface area (Å²) < 4.78 is 16.0. The molecule has 3 aromatic rings. The van der Waals surface area contributed by atoms with Crippen molar-refractivity contribution in [2.45, 2.75) is 13.0 Å². The Labute approximate surface area is 198 Å². The van der Waals surface area contributed by atoms with Crippen LogP contribution in [0.3, 0.4) is 0 Å². The maximum absolute atomic E-state index is 12.2. The van der Waals surface area contributed by atoms with Gasteiger partial charge in [0.2, 0.25) is 0 Å². The number of aliphatic hydroxyl groups excluding tert-OH is 1. The van der Waals surface area contributed by atoms with Crippen molar-refractivity contribution < 1.29 is 68.4 Å². The van der Waals surface area contributed by atoms with E-state index in [4.69, 9.17) is 13.9 Å². The third-order valence-corrected chi connectivity index (χ3v) is 4.14. The van der Waals surface area contributed by atoms with Crippen molar-refractivity contribution in [3.8, 4) is 17.2 Å². The van der Waals surface area contributed by atoms with Crippen LogP contribution in [-0.2, 0) is 0 Å². The second-order valence-corrected chi connectivity index (χ2v) is 6.37. The van der Waals surface area contributed by atoms with Crippen LogP contribution in [0.15, 0.2) is 51.7 Å². The minimum absolute atomic E-state index is 0. The summed E-state index contributed by atoms with van der Waals surface area (Å²) in [5, 5.41) is 30.9. The number of benzene rings is 2. The molecule has 10 heteroatoms. The number of carboxylic acid groups (broad SMARTS) is 1. The van der Waals surface area contributed by atoms with Crippen molar-refractivity contribution in [3.63, 3.8) is 0 Å². The van der Waals surface area contributed by atoms with Crippen LogP contribution >= 0.6 is 0 Å². The van der Waals surface area contributed by atoms with Crippen molar-refractivity contribution in [2.75, 3.05) is 13.2 Å². The second kappa shape index (κ2) is 10.5. The van der Waals surface area contributed by atoms with Gasteiger partial charge in [0.15, 0.2) is 17.0 Å². The second-order valence-electron chi connectivity index (χ2n) is 6.37. The summed E-state index contributed by atoms with van der Waals surface area (Å²) in [7, 11) is 0. The van der Waals surface area contributed by atoms with Gasteiger partial charge in [0.1, 0.15) is 59.1 Å². The van der Waals surface area contributed by atoms with Crippen LogP contribution in [0.5, 0.6) is 17.2 Å². The van der Waals surface area contributed by atoms with Crippen LogP contribution in [0.1, 0.15) is 27.8 Å². The first-order valence-electron chi connectivity index (χ1n) is 8.82. The molecule has 2 N–H and O–H groups in total. The van der Waals surface area contributed by atoms with Gasteiger partial charge in [-0.2, -0.15) is 0 Å². The molecule has 1 atom stereocenters. The predicted octanol–water partition coefficient (Wildman–Crippen LogP) is -2.11. The number of aromatic carboxylic acids is 1. The molecule has 0 radical (unpaired) electrons. The number of carbonyl (C=O) groups is 2. The minimum Gasteiger partial charge on any atom is -0.542 e. The summed E-state index contributed by atoms with van der Waals surface area (Å²) in [6.07, 6.45) is -1.14. The minimum atomic E-state index is -1.62. The maximum atomic E-state index is 12.2. The zero-order valence-electron chi connectivity index (χ0n) is 16.8. The van der Waals surface area contributed by atoms with E-state index in [1.165, 1.54) is 43.3 Å². The zero-order valence-corrected chi connectivity index (χ0v) is 18.8. The van der Waals surface area contributed by atoms with Crippen LogP contribution in [0, 0.1) is 0 Å². The third kappa shape index (κ3) is 5.65. The SMILES string of the molecule is CC(=O)c1c(O)cccc1OCC(O)COc1cccc2oc(C(=O)[O-])cc(=O)c12.[Na+]. The molecule has 2 aromatic carbocycles. The van der Waals surface area contributed by atoms with Crippen molar-refractivity contribution in [1.82, 2.24) is 0 Å². The average molecular weight is 436 g/mol. The number of aliphatic hydroxyl groups is 1. The summed E-state index contributed by atoms with van der Waals surface area (Å²) in [5.41, 5.74) is -0.639. The summed E-state index contributed by atoms with van der Waals surface area (Å²) in [4.78, 5) is 34.8. The van der Waals surface area contributed by atoms with Gasteiger partial charge in [-0.25, -0.2) is 0 Å². The smallest absolute Gasteiger partial charge is 0.542 e. The number of hydrogen-bond donors (Lipinski definition) is 2. The number of fused-ring (bicyclic) bond motifs is 1. The first-order chi connectivity index (χ1) is 14.3. The van der Waals surface area contributed by atoms with Crippen LogP contribution < -0.4 is 49.6 Å². The number of ether oxygens (including phenoxy) is 2. The summed E-state index contributed by atoms with van der Waals surface area (Å²) in [5.74, 6) is -2.65. The molecule has 0 spiro atoms. The molecule has 1 heterocycles.